The van der Waals surface area contributed by atoms with Gasteiger partial charge in [-0.1, -0.05) is 59.8 Å². The number of hydrogen-bond acceptors (Lipinski definition) is 6. The first kappa shape index (κ1) is 23.0. The highest BCUT2D eigenvalue weighted by atomic mass is 32.2. The summed E-state index contributed by atoms with van der Waals surface area (Å²) in [5.74, 6) is 0.684. The van der Waals surface area contributed by atoms with E-state index in [1.165, 1.54) is 0 Å². The van der Waals surface area contributed by atoms with E-state index < -0.39 is 9.84 Å². The van der Waals surface area contributed by atoms with Crippen LogP contribution >= 0.6 is 0 Å². The highest BCUT2D eigenvalue weighted by Crippen LogP contribution is 2.33. The Morgan fingerprint density at radius 1 is 1.00 bits per heavy atom. The summed E-state index contributed by atoms with van der Waals surface area (Å²) in [7, 11) is -3.45. The van der Waals surface area contributed by atoms with E-state index in [4.69, 9.17) is 4.52 Å². The van der Waals surface area contributed by atoms with Crippen LogP contribution in [0.15, 0.2) is 88.3 Å². The first-order valence-electron chi connectivity index (χ1n) is 11.5. The topological polar surface area (TPSA) is 93.4 Å². The third kappa shape index (κ3) is 4.74. The van der Waals surface area contributed by atoms with Crippen LogP contribution in [-0.2, 0) is 15.6 Å². The van der Waals surface area contributed by atoms with Gasteiger partial charge in [-0.05, 0) is 55.2 Å². The number of sulfone groups is 1. The SMILES string of the molecule is Cc1ccccc1-c1noc(C2CCCN2C(=O)c2ccc(CS(=O)(=O)c3ccccc3)cc2)n1. The van der Waals surface area contributed by atoms with Crippen LogP contribution in [0, 0.1) is 6.92 Å². The lowest BCUT2D eigenvalue weighted by atomic mass is 10.1. The minimum Gasteiger partial charge on any atom is -0.337 e. The van der Waals surface area contributed by atoms with Gasteiger partial charge in [0.15, 0.2) is 9.84 Å². The van der Waals surface area contributed by atoms with Gasteiger partial charge in [0.1, 0.15) is 6.04 Å². The molecule has 1 atom stereocenters. The van der Waals surface area contributed by atoms with Crippen LogP contribution in [0.1, 0.15) is 46.3 Å². The molecule has 8 heteroatoms. The third-order valence-corrected chi connectivity index (χ3v) is 7.99. The summed E-state index contributed by atoms with van der Waals surface area (Å²) in [6.45, 7) is 2.58. The minimum atomic E-state index is -3.45. The Balaban J connectivity index is 1.32. The van der Waals surface area contributed by atoms with Crippen LogP contribution in [-0.4, -0.2) is 35.9 Å². The Hall–Kier alpha value is -3.78. The average molecular weight is 488 g/mol. The molecule has 0 aliphatic carbocycles. The van der Waals surface area contributed by atoms with Gasteiger partial charge in [0, 0.05) is 17.7 Å². The Morgan fingerprint density at radius 2 is 1.71 bits per heavy atom. The van der Waals surface area contributed by atoms with Crippen molar-refractivity contribution in [1.82, 2.24) is 15.0 Å². The molecular weight excluding hydrogens is 462 g/mol. The fourth-order valence-corrected chi connectivity index (χ4v) is 5.78. The minimum absolute atomic E-state index is 0.124. The van der Waals surface area contributed by atoms with Crippen molar-refractivity contribution in [3.8, 4) is 11.4 Å². The van der Waals surface area contributed by atoms with Gasteiger partial charge >= 0.3 is 0 Å². The molecule has 1 amide bonds. The Bertz CT molecular complexity index is 1450. The van der Waals surface area contributed by atoms with Crippen molar-refractivity contribution in [3.63, 3.8) is 0 Å². The number of benzene rings is 3. The molecule has 0 bridgehead atoms. The molecule has 0 spiro atoms. The molecule has 4 aromatic rings. The summed E-state index contributed by atoms with van der Waals surface area (Å²) in [4.78, 5) is 19.9. The van der Waals surface area contributed by atoms with Crippen molar-refractivity contribution in [3.05, 3.63) is 101 Å². The lowest BCUT2D eigenvalue weighted by Crippen LogP contribution is -2.30. The molecule has 5 rings (SSSR count). The molecule has 0 N–H and O–H groups in total. The number of rotatable bonds is 6. The number of hydrogen-bond donors (Lipinski definition) is 0. The van der Waals surface area contributed by atoms with Crippen molar-refractivity contribution in [2.75, 3.05) is 6.54 Å². The van der Waals surface area contributed by atoms with Crippen LogP contribution in [0.3, 0.4) is 0 Å². The van der Waals surface area contributed by atoms with Crippen LogP contribution in [0.5, 0.6) is 0 Å². The number of likely N-dealkylation sites (tertiary alicyclic amines) is 1. The van der Waals surface area contributed by atoms with Crippen molar-refractivity contribution < 1.29 is 17.7 Å². The second-order valence-electron chi connectivity index (χ2n) is 8.70. The molecule has 1 fully saturated rings. The fourth-order valence-electron chi connectivity index (χ4n) is 4.41. The Kier molecular flexibility index (Phi) is 6.21. The second-order valence-corrected chi connectivity index (χ2v) is 10.7. The molecule has 3 aromatic carbocycles. The van der Waals surface area contributed by atoms with Crippen LogP contribution in [0.4, 0.5) is 0 Å². The molecule has 2 heterocycles. The van der Waals surface area contributed by atoms with E-state index in [2.05, 4.69) is 10.1 Å². The van der Waals surface area contributed by atoms with Gasteiger partial charge < -0.3 is 9.42 Å². The zero-order chi connectivity index (χ0) is 24.4. The number of aryl methyl sites for hydroxylation is 1. The smallest absolute Gasteiger partial charge is 0.254 e. The molecule has 35 heavy (non-hydrogen) atoms. The normalized spacial score (nSPS) is 15.9. The first-order valence-corrected chi connectivity index (χ1v) is 13.1. The van der Waals surface area contributed by atoms with Gasteiger partial charge in [-0.25, -0.2) is 8.42 Å². The Labute approximate surface area is 204 Å². The average Bonchev–Trinajstić information content (AvgIpc) is 3.55. The summed E-state index contributed by atoms with van der Waals surface area (Å²) >= 11 is 0. The van der Waals surface area contributed by atoms with Gasteiger partial charge in [0.2, 0.25) is 11.7 Å². The second kappa shape index (κ2) is 9.46. The predicted octanol–water partition coefficient (Wildman–Crippen LogP) is 5.00. The summed E-state index contributed by atoms with van der Waals surface area (Å²) in [6, 6.07) is 22.7. The molecular formula is C27H25N3O4S. The maximum atomic E-state index is 13.3. The van der Waals surface area contributed by atoms with E-state index in [0.29, 0.717) is 29.4 Å². The van der Waals surface area contributed by atoms with E-state index in [9.17, 15) is 13.2 Å². The highest BCUT2D eigenvalue weighted by molar-refractivity contribution is 7.90. The maximum Gasteiger partial charge on any atom is 0.254 e. The first-order chi connectivity index (χ1) is 16.9. The fraction of sp³-hybridized carbons (Fsp3) is 0.222. The number of nitrogens with zero attached hydrogens (tertiary/aromatic N) is 3. The zero-order valence-electron chi connectivity index (χ0n) is 19.3. The largest absolute Gasteiger partial charge is 0.337 e. The van der Waals surface area contributed by atoms with Crippen molar-refractivity contribution in [2.24, 2.45) is 0 Å². The molecule has 7 nitrogen and oxygen atoms in total. The molecule has 1 unspecified atom stereocenters. The van der Waals surface area contributed by atoms with Gasteiger partial charge in [0.05, 0.1) is 10.6 Å². The van der Waals surface area contributed by atoms with Crippen LogP contribution < -0.4 is 0 Å². The molecule has 1 saturated heterocycles. The van der Waals surface area contributed by atoms with Crippen molar-refractivity contribution >= 4 is 15.7 Å². The van der Waals surface area contributed by atoms with Crippen LogP contribution in [0.2, 0.25) is 0 Å². The number of carbonyl (C=O) groups excluding carboxylic acids is 1. The molecule has 1 aliphatic rings. The molecule has 0 radical (unpaired) electrons. The number of carbonyl (C=O) groups is 1. The van der Waals surface area contributed by atoms with Crippen molar-refractivity contribution in [2.45, 2.75) is 36.5 Å². The number of aromatic nitrogens is 2. The van der Waals surface area contributed by atoms with Gasteiger partial charge in [-0.2, -0.15) is 4.98 Å². The van der Waals surface area contributed by atoms with E-state index in [0.717, 1.165) is 24.0 Å². The molecule has 1 aromatic heterocycles. The van der Waals surface area contributed by atoms with E-state index >= 15 is 0 Å². The lowest BCUT2D eigenvalue weighted by molar-refractivity contribution is 0.0710. The molecule has 178 valence electrons. The predicted molar refractivity (Wildman–Crippen MR) is 131 cm³/mol. The zero-order valence-corrected chi connectivity index (χ0v) is 20.1. The third-order valence-electron chi connectivity index (χ3n) is 6.29. The van der Waals surface area contributed by atoms with Gasteiger partial charge in [-0.15, -0.1) is 0 Å². The van der Waals surface area contributed by atoms with E-state index in [-0.39, 0.29) is 22.6 Å². The lowest BCUT2D eigenvalue weighted by Gasteiger charge is -2.22. The monoisotopic (exact) mass is 487 g/mol. The standard InChI is InChI=1S/C27H25N3O4S/c1-19-8-5-6-11-23(19)25-28-26(34-29-25)24-12-7-17-30(24)27(31)21-15-13-20(14-16-21)18-35(32,33)22-9-3-2-4-10-22/h2-6,8-11,13-16,24H,7,12,17-18H2,1H3. The quantitative estimate of drug-likeness (QED) is 0.380. The van der Waals surface area contributed by atoms with E-state index in [1.54, 1.807) is 59.5 Å². The molecule has 0 saturated carbocycles. The van der Waals surface area contributed by atoms with Gasteiger partial charge in [0.25, 0.3) is 5.91 Å². The summed E-state index contributed by atoms with van der Waals surface area (Å²) < 4.78 is 30.9. The Morgan fingerprint density at radius 3 is 2.46 bits per heavy atom. The highest BCUT2D eigenvalue weighted by Gasteiger charge is 2.34. The molecule has 1 aliphatic heterocycles. The van der Waals surface area contributed by atoms with E-state index in [1.807, 2.05) is 31.2 Å². The van der Waals surface area contributed by atoms with Crippen molar-refractivity contribution in [1.29, 1.82) is 0 Å². The summed E-state index contributed by atoms with van der Waals surface area (Å²) in [5.41, 5.74) is 3.08. The maximum absolute atomic E-state index is 13.3. The van der Waals surface area contributed by atoms with Crippen LogP contribution in [0.25, 0.3) is 11.4 Å². The number of amides is 1. The summed E-state index contributed by atoms with van der Waals surface area (Å²) in [5, 5.41) is 4.15. The van der Waals surface area contributed by atoms with Gasteiger partial charge in [-0.3, -0.25) is 4.79 Å². The summed E-state index contributed by atoms with van der Waals surface area (Å²) in [6.07, 6.45) is 1.58.